The van der Waals surface area contributed by atoms with Gasteiger partial charge in [-0.25, -0.2) is 4.79 Å². The lowest BCUT2D eigenvalue weighted by Crippen LogP contribution is -2.52. The van der Waals surface area contributed by atoms with Crippen LogP contribution < -0.4 is 15.4 Å². The SMILES string of the molecule is COc1ccc(CNC[C@@H](C(=O)N[C@H](C(=O)OCc2ccccc2)C(C)C)C(F)(F)F)cc1. The maximum Gasteiger partial charge on any atom is 0.401 e. The molecule has 0 radical (unpaired) electrons. The van der Waals surface area contributed by atoms with Crippen molar-refractivity contribution in [3.8, 4) is 5.75 Å². The Morgan fingerprint density at radius 1 is 0.970 bits per heavy atom. The second-order valence-corrected chi connectivity index (χ2v) is 7.90. The molecule has 0 aromatic heterocycles. The number of nitrogens with one attached hydrogen (secondary N) is 2. The largest absolute Gasteiger partial charge is 0.497 e. The minimum absolute atomic E-state index is 0.0368. The number of amides is 1. The smallest absolute Gasteiger partial charge is 0.401 e. The molecule has 2 N–H and O–H groups in total. The van der Waals surface area contributed by atoms with Gasteiger partial charge < -0.3 is 20.1 Å². The molecule has 0 aliphatic heterocycles. The van der Waals surface area contributed by atoms with E-state index in [1.165, 1.54) is 7.11 Å². The van der Waals surface area contributed by atoms with Gasteiger partial charge in [0.25, 0.3) is 0 Å². The van der Waals surface area contributed by atoms with Gasteiger partial charge in [-0.3, -0.25) is 4.79 Å². The first-order valence-corrected chi connectivity index (χ1v) is 10.5. The highest BCUT2D eigenvalue weighted by Crippen LogP contribution is 2.26. The number of halogens is 3. The number of carbonyl (C=O) groups is 2. The Morgan fingerprint density at radius 3 is 2.15 bits per heavy atom. The van der Waals surface area contributed by atoms with Crippen molar-refractivity contribution in [1.82, 2.24) is 10.6 Å². The number of carbonyl (C=O) groups excluding carboxylic acids is 2. The molecule has 0 aliphatic carbocycles. The minimum atomic E-state index is -4.79. The first-order valence-electron chi connectivity index (χ1n) is 10.5. The van der Waals surface area contributed by atoms with Gasteiger partial charge in [0.1, 0.15) is 24.3 Å². The van der Waals surface area contributed by atoms with Crippen molar-refractivity contribution in [2.24, 2.45) is 11.8 Å². The van der Waals surface area contributed by atoms with Gasteiger partial charge in [0.15, 0.2) is 0 Å². The zero-order chi connectivity index (χ0) is 24.4. The van der Waals surface area contributed by atoms with Crippen LogP contribution in [-0.4, -0.2) is 37.7 Å². The van der Waals surface area contributed by atoms with E-state index in [4.69, 9.17) is 9.47 Å². The molecule has 0 bridgehead atoms. The molecule has 0 saturated heterocycles. The van der Waals surface area contributed by atoms with Crippen LogP contribution >= 0.6 is 0 Å². The van der Waals surface area contributed by atoms with Gasteiger partial charge in [-0.15, -0.1) is 0 Å². The Morgan fingerprint density at radius 2 is 1.61 bits per heavy atom. The van der Waals surface area contributed by atoms with Gasteiger partial charge in [-0.2, -0.15) is 13.2 Å². The lowest BCUT2D eigenvalue weighted by molar-refractivity contribution is -0.183. The third-order valence-corrected chi connectivity index (χ3v) is 4.99. The van der Waals surface area contributed by atoms with Gasteiger partial charge in [0.05, 0.1) is 7.11 Å². The van der Waals surface area contributed by atoms with Gasteiger partial charge in [0, 0.05) is 13.1 Å². The van der Waals surface area contributed by atoms with E-state index in [9.17, 15) is 22.8 Å². The molecule has 0 unspecified atom stereocenters. The number of alkyl halides is 3. The molecule has 0 aliphatic rings. The van der Waals surface area contributed by atoms with Gasteiger partial charge >= 0.3 is 12.1 Å². The monoisotopic (exact) mass is 466 g/mol. The molecule has 0 heterocycles. The second-order valence-electron chi connectivity index (χ2n) is 7.90. The van der Waals surface area contributed by atoms with E-state index in [1.54, 1.807) is 62.4 Å². The maximum absolute atomic E-state index is 13.6. The number of rotatable bonds is 11. The zero-order valence-electron chi connectivity index (χ0n) is 18.8. The van der Waals surface area contributed by atoms with Crippen LogP contribution in [0.15, 0.2) is 54.6 Å². The highest BCUT2D eigenvalue weighted by molar-refractivity contribution is 5.86. The van der Waals surface area contributed by atoms with Crippen molar-refractivity contribution in [1.29, 1.82) is 0 Å². The average molecular weight is 467 g/mol. The standard InChI is InChI=1S/C24H29F3N2O4/c1-16(2)21(23(31)33-15-18-7-5-4-6-8-18)29-22(30)20(24(25,26)27)14-28-13-17-9-11-19(32-3)12-10-17/h4-12,16,20-21,28H,13-15H2,1-3H3,(H,29,30)/t20-,21-/m0/s1. The summed E-state index contributed by atoms with van der Waals surface area (Å²) in [4.78, 5) is 25.0. The molecule has 180 valence electrons. The lowest BCUT2D eigenvalue weighted by atomic mass is 10.0. The Bertz CT molecular complexity index is 887. The Kier molecular flexibility index (Phi) is 9.72. The molecular formula is C24H29F3N2O4. The summed E-state index contributed by atoms with van der Waals surface area (Å²) in [5.74, 6) is -4.21. The van der Waals surface area contributed by atoms with E-state index < -0.39 is 42.5 Å². The first-order chi connectivity index (χ1) is 15.6. The molecule has 2 aromatic rings. The van der Waals surface area contributed by atoms with Gasteiger partial charge in [0.2, 0.25) is 5.91 Å². The summed E-state index contributed by atoms with van der Waals surface area (Å²) in [6.45, 7) is 2.71. The van der Waals surface area contributed by atoms with Crippen molar-refractivity contribution in [3.05, 3.63) is 65.7 Å². The normalized spacial score (nSPS) is 13.3. The molecule has 9 heteroatoms. The van der Waals surface area contributed by atoms with Gasteiger partial charge in [-0.1, -0.05) is 56.3 Å². The van der Waals surface area contributed by atoms with E-state index in [2.05, 4.69) is 10.6 Å². The summed E-state index contributed by atoms with van der Waals surface area (Å²) in [6.07, 6.45) is -4.79. The first kappa shape index (κ1) is 26.2. The molecule has 0 fully saturated rings. The Balaban J connectivity index is 1.97. The van der Waals surface area contributed by atoms with Crippen LogP contribution in [0.1, 0.15) is 25.0 Å². The molecule has 2 aromatic carbocycles. The van der Waals surface area contributed by atoms with Crippen LogP contribution in [0.25, 0.3) is 0 Å². The van der Waals surface area contributed by atoms with E-state index in [0.717, 1.165) is 11.1 Å². The van der Waals surface area contributed by atoms with Crippen LogP contribution in [0.5, 0.6) is 5.75 Å². The van der Waals surface area contributed by atoms with Crippen LogP contribution in [-0.2, 0) is 27.5 Å². The van der Waals surface area contributed by atoms with Crippen molar-refractivity contribution in [3.63, 3.8) is 0 Å². The summed E-state index contributed by atoms with van der Waals surface area (Å²) in [5, 5.41) is 4.90. The van der Waals surface area contributed by atoms with Crippen LogP contribution in [0.3, 0.4) is 0 Å². The van der Waals surface area contributed by atoms with E-state index >= 15 is 0 Å². The summed E-state index contributed by atoms with van der Waals surface area (Å²) in [6, 6.07) is 14.5. The van der Waals surface area contributed by atoms with Crippen molar-refractivity contribution in [2.75, 3.05) is 13.7 Å². The molecule has 0 spiro atoms. The van der Waals surface area contributed by atoms with E-state index in [1.807, 2.05) is 6.07 Å². The quantitative estimate of drug-likeness (QED) is 0.492. The summed E-state index contributed by atoms with van der Waals surface area (Å²) in [5.41, 5.74) is 1.47. The lowest BCUT2D eigenvalue weighted by Gasteiger charge is -2.25. The topological polar surface area (TPSA) is 76.7 Å². The average Bonchev–Trinajstić information content (AvgIpc) is 2.78. The fourth-order valence-electron chi connectivity index (χ4n) is 3.03. The highest BCUT2D eigenvalue weighted by atomic mass is 19.4. The highest BCUT2D eigenvalue weighted by Gasteiger charge is 2.45. The maximum atomic E-state index is 13.6. The molecule has 2 rings (SSSR count). The summed E-state index contributed by atoms with van der Waals surface area (Å²) < 4.78 is 51.0. The predicted molar refractivity (Wildman–Crippen MR) is 117 cm³/mol. The number of hydrogen-bond acceptors (Lipinski definition) is 5. The van der Waals surface area contributed by atoms with Gasteiger partial charge in [-0.05, 0) is 29.2 Å². The number of benzene rings is 2. The predicted octanol–water partition coefficient (Wildman–Crippen LogP) is 3.85. The van der Waals surface area contributed by atoms with E-state index in [-0.39, 0.29) is 13.2 Å². The number of esters is 1. The number of ether oxygens (including phenoxy) is 2. The minimum Gasteiger partial charge on any atom is -0.497 e. The van der Waals surface area contributed by atoms with Crippen LogP contribution in [0.4, 0.5) is 13.2 Å². The van der Waals surface area contributed by atoms with Crippen molar-refractivity contribution < 1.29 is 32.2 Å². The Hall–Kier alpha value is -3.07. The summed E-state index contributed by atoms with van der Waals surface area (Å²) >= 11 is 0. The Labute approximate surface area is 191 Å². The zero-order valence-corrected chi connectivity index (χ0v) is 18.8. The molecule has 1 amide bonds. The van der Waals surface area contributed by atoms with Crippen molar-refractivity contribution >= 4 is 11.9 Å². The van der Waals surface area contributed by atoms with E-state index in [0.29, 0.717) is 5.75 Å². The van der Waals surface area contributed by atoms with Crippen LogP contribution in [0, 0.1) is 11.8 Å². The van der Waals surface area contributed by atoms with Crippen LogP contribution in [0.2, 0.25) is 0 Å². The number of hydrogen-bond donors (Lipinski definition) is 2. The number of methoxy groups -OCH3 is 1. The molecular weight excluding hydrogens is 437 g/mol. The summed E-state index contributed by atoms with van der Waals surface area (Å²) in [7, 11) is 1.52. The molecule has 33 heavy (non-hydrogen) atoms. The third-order valence-electron chi connectivity index (χ3n) is 4.99. The third kappa shape index (κ3) is 8.42. The van der Waals surface area contributed by atoms with Crippen molar-refractivity contribution in [2.45, 2.75) is 39.2 Å². The second kappa shape index (κ2) is 12.2. The molecule has 6 nitrogen and oxygen atoms in total. The molecule has 0 saturated carbocycles. The molecule has 2 atom stereocenters. The fraction of sp³-hybridized carbons (Fsp3) is 0.417. The fourth-order valence-corrected chi connectivity index (χ4v) is 3.03.